The van der Waals surface area contributed by atoms with Gasteiger partial charge in [0.1, 0.15) is 6.54 Å². The van der Waals surface area contributed by atoms with Crippen molar-refractivity contribution in [2.45, 2.75) is 20.4 Å². The first kappa shape index (κ1) is 11.2. The number of carbonyl (C=O) groups excluding carboxylic acids is 1. The third-order valence-electron chi connectivity index (χ3n) is 2.35. The zero-order valence-electron chi connectivity index (χ0n) is 9.69. The van der Waals surface area contributed by atoms with E-state index in [2.05, 4.69) is 20.6 Å². The summed E-state index contributed by atoms with van der Waals surface area (Å²) in [6.45, 7) is 3.80. The molecule has 0 bridgehead atoms. The average molecular weight is 234 g/mol. The van der Waals surface area contributed by atoms with Gasteiger partial charge in [0.2, 0.25) is 5.91 Å². The van der Waals surface area contributed by atoms with Gasteiger partial charge in [-0.15, -0.1) is 0 Å². The molecular formula is C10H14N6O. The Hall–Kier alpha value is -2.31. The van der Waals surface area contributed by atoms with Crippen LogP contribution in [-0.2, 0) is 11.3 Å². The van der Waals surface area contributed by atoms with Crippen LogP contribution in [0.25, 0.3) is 0 Å². The van der Waals surface area contributed by atoms with Crippen LogP contribution in [0.1, 0.15) is 11.4 Å². The number of aryl methyl sites for hydroxylation is 2. The van der Waals surface area contributed by atoms with Gasteiger partial charge in [0.25, 0.3) is 0 Å². The van der Waals surface area contributed by atoms with Crippen LogP contribution in [0.5, 0.6) is 0 Å². The van der Waals surface area contributed by atoms with E-state index < -0.39 is 0 Å². The van der Waals surface area contributed by atoms with Crippen LogP contribution >= 0.6 is 0 Å². The van der Waals surface area contributed by atoms with Crippen molar-refractivity contribution in [3.63, 3.8) is 0 Å². The monoisotopic (exact) mass is 234 g/mol. The fraction of sp³-hybridized carbons (Fsp3) is 0.300. The zero-order chi connectivity index (χ0) is 12.4. The van der Waals surface area contributed by atoms with E-state index in [1.54, 1.807) is 6.20 Å². The molecule has 17 heavy (non-hydrogen) atoms. The maximum atomic E-state index is 11.7. The largest absolute Gasteiger partial charge is 0.396 e. The van der Waals surface area contributed by atoms with Gasteiger partial charge in [-0.3, -0.25) is 14.6 Å². The van der Waals surface area contributed by atoms with Gasteiger partial charge in [-0.2, -0.15) is 10.2 Å². The first-order valence-corrected chi connectivity index (χ1v) is 5.15. The highest BCUT2D eigenvalue weighted by atomic mass is 16.2. The molecule has 0 fully saturated rings. The highest BCUT2D eigenvalue weighted by molar-refractivity contribution is 5.91. The van der Waals surface area contributed by atoms with E-state index in [1.165, 1.54) is 10.9 Å². The van der Waals surface area contributed by atoms with Crippen molar-refractivity contribution in [2.75, 3.05) is 11.1 Å². The lowest BCUT2D eigenvalue weighted by molar-refractivity contribution is -0.116. The van der Waals surface area contributed by atoms with Gasteiger partial charge in [0.05, 0.1) is 29.0 Å². The van der Waals surface area contributed by atoms with E-state index in [0.29, 0.717) is 5.69 Å². The lowest BCUT2D eigenvalue weighted by Gasteiger charge is -2.05. The highest BCUT2D eigenvalue weighted by Gasteiger charge is 2.10. The number of anilines is 2. The Kier molecular flexibility index (Phi) is 2.82. The molecule has 0 aliphatic rings. The molecule has 0 saturated carbocycles. The van der Waals surface area contributed by atoms with E-state index in [9.17, 15) is 4.79 Å². The van der Waals surface area contributed by atoms with Crippen LogP contribution in [0.3, 0.4) is 0 Å². The fourth-order valence-corrected chi connectivity index (χ4v) is 1.53. The molecule has 90 valence electrons. The molecule has 7 nitrogen and oxygen atoms in total. The van der Waals surface area contributed by atoms with Crippen molar-refractivity contribution in [2.24, 2.45) is 0 Å². The third kappa shape index (κ3) is 2.44. The predicted molar refractivity (Wildman–Crippen MR) is 63.3 cm³/mol. The molecule has 4 N–H and O–H groups in total. The van der Waals surface area contributed by atoms with Crippen LogP contribution in [0, 0.1) is 13.8 Å². The SMILES string of the molecule is Cc1n[nH]c(C)c1NC(=O)Cn1cc(N)cn1. The molecule has 0 radical (unpaired) electrons. The average Bonchev–Trinajstić information content (AvgIpc) is 2.79. The van der Waals surface area contributed by atoms with Crippen LogP contribution < -0.4 is 11.1 Å². The molecule has 2 aromatic rings. The van der Waals surface area contributed by atoms with Crippen molar-refractivity contribution >= 4 is 17.3 Å². The minimum atomic E-state index is -0.166. The second-order valence-corrected chi connectivity index (χ2v) is 3.83. The Labute approximate surface area is 98.0 Å². The van der Waals surface area contributed by atoms with Crippen LogP contribution in [0.4, 0.5) is 11.4 Å². The summed E-state index contributed by atoms with van der Waals surface area (Å²) in [4.78, 5) is 11.7. The molecule has 1 amide bonds. The van der Waals surface area contributed by atoms with Crippen LogP contribution in [0.2, 0.25) is 0 Å². The second kappa shape index (κ2) is 4.28. The summed E-state index contributed by atoms with van der Waals surface area (Å²) in [5.74, 6) is -0.166. The Morgan fingerprint density at radius 2 is 2.35 bits per heavy atom. The molecule has 0 saturated heterocycles. The Bertz CT molecular complexity index is 521. The number of hydrogen-bond acceptors (Lipinski definition) is 4. The van der Waals surface area contributed by atoms with Crippen molar-refractivity contribution in [3.05, 3.63) is 23.8 Å². The number of H-pyrrole nitrogens is 1. The van der Waals surface area contributed by atoms with Gasteiger partial charge < -0.3 is 11.1 Å². The first-order chi connectivity index (χ1) is 8.06. The number of amides is 1. The number of carbonyl (C=O) groups is 1. The topological polar surface area (TPSA) is 102 Å². The Morgan fingerprint density at radius 1 is 1.59 bits per heavy atom. The number of rotatable bonds is 3. The van der Waals surface area contributed by atoms with E-state index in [-0.39, 0.29) is 12.5 Å². The van der Waals surface area contributed by atoms with Crippen LogP contribution in [0.15, 0.2) is 12.4 Å². The summed E-state index contributed by atoms with van der Waals surface area (Å²) in [7, 11) is 0. The minimum Gasteiger partial charge on any atom is -0.396 e. The van der Waals surface area contributed by atoms with E-state index in [4.69, 9.17) is 5.73 Å². The van der Waals surface area contributed by atoms with Crippen molar-refractivity contribution in [3.8, 4) is 0 Å². The third-order valence-corrected chi connectivity index (χ3v) is 2.35. The smallest absolute Gasteiger partial charge is 0.246 e. The van der Waals surface area contributed by atoms with E-state index >= 15 is 0 Å². The number of nitrogen functional groups attached to an aromatic ring is 1. The fourth-order valence-electron chi connectivity index (χ4n) is 1.53. The molecule has 0 unspecified atom stereocenters. The zero-order valence-corrected chi connectivity index (χ0v) is 9.69. The molecule has 2 heterocycles. The summed E-state index contributed by atoms with van der Waals surface area (Å²) in [5.41, 5.74) is 8.35. The van der Waals surface area contributed by atoms with Gasteiger partial charge in [-0.1, -0.05) is 0 Å². The summed E-state index contributed by atoms with van der Waals surface area (Å²) >= 11 is 0. The molecule has 0 atom stereocenters. The predicted octanol–water partition coefficient (Wildman–Crippen LogP) is 0.444. The van der Waals surface area contributed by atoms with Crippen molar-refractivity contribution < 1.29 is 4.79 Å². The summed E-state index contributed by atoms with van der Waals surface area (Å²) in [5, 5.41) is 13.5. The molecule has 0 spiro atoms. The normalized spacial score (nSPS) is 10.5. The van der Waals surface area contributed by atoms with Gasteiger partial charge in [0, 0.05) is 6.20 Å². The number of nitrogens with two attached hydrogens (primary N) is 1. The van der Waals surface area contributed by atoms with Gasteiger partial charge in [0.15, 0.2) is 0 Å². The summed E-state index contributed by atoms with van der Waals surface area (Å²) < 4.78 is 1.48. The van der Waals surface area contributed by atoms with Crippen LogP contribution in [-0.4, -0.2) is 25.9 Å². The Balaban J connectivity index is 2.03. The molecular weight excluding hydrogens is 220 g/mol. The lowest BCUT2D eigenvalue weighted by atomic mass is 10.3. The number of aromatic amines is 1. The van der Waals surface area contributed by atoms with Crippen molar-refractivity contribution in [1.29, 1.82) is 0 Å². The van der Waals surface area contributed by atoms with Gasteiger partial charge >= 0.3 is 0 Å². The summed E-state index contributed by atoms with van der Waals surface area (Å²) in [6.07, 6.45) is 3.11. The highest BCUT2D eigenvalue weighted by Crippen LogP contribution is 2.15. The van der Waals surface area contributed by atoms with Gasteiger partial charge in [-0.05, 0) is 13.8 Å². The molecule has 0 aromatic carbocycles. The number of nitrogens with one attached hydrogen (secondary N) is 2. The minimum absolute atomic E-state index is 0.126. The Morgan fingerprint density at radius 3 is 2.88 bits per heavy atom. The number of aromatic nitrogens is 4. The van der Waals surface area contributed by atoms with E-state index in [1.807, 2.05) is 13.8 Å². The quantitative estimate of drug-likeness (QED) is 0.717. The van der Waals surface area contributed by atoms with Crippen molar-refractivity contribution in [1.82, 2.24) is 20.0 Å². The number of hydrogen-bond donors (Lipinski definition) is 3. The van der Waals surface area contributed by atoms with E-state index in [0.717, 1.165) is 17.1 Å². The number of nitrogens with zero attached hydrogens (tertiary/aromatic N) is 3. The molecule has 0 aliphatic carbocycles. The maximum absolute atomic E-state index is 11.7. The second-order valence-electron chi connectivity index (χ2n) is 3.83. The first-order valence-electron chi connectivity index (χ1n) is 5.15. The maximum Gasteiger partial charge on any atom is 0.246 e. The molecule has 0 aliphatic heterocycles. The molecule has 7 heteroatoms. The van der Waals surface area contributed by atoms with Gasteiger partial charge in [-0.25, -0.2) is 0 Å². The molecule has 2 rings (SSSR count). The summed E-state index contributed by atoms with van der Waals surface area (Å²) in [6, 6.07) is 0. The molecule has 2 aromatic heterocycles. The lowest BCUT2D eigenvalue weighted by Crippen LogP contribution is -2.19. The standard InChI is InChI=1S/C10H14N6O/c1-6-10(7(2)15-14-6)13-9(17)5-16-4-8(11)3-12-16/h3-4H,5,11H2,1-2H3,(H,13,17)(H,14,15).